The van der Waals surface area contributed by atoms with E-state index in [1.165, 1.54) is 32.4 Å². The van der Waals surface area contributed by atoms with Crippen LogP contribution in [0.2, 0.25) is 0 Å². The maximum absolute atomic E-state index is 5.94. The van der Waals surface area contributed by atoms with Gasteiger partial charge in [-0.25, -0.2) is 0 Å². The molecule has 6 heteroatoms. The van der Waals surface area contributed by atoms with Gasteiger partial charge in [-0.1, -0.05) is 20.8 Å². The molecule has 0 saturated carbocycles. The molecule has 2 aliphatic heterocycles. The Bertz CT molecular complexity index is 547. The van der Waals surface area contributed by atoms with Crippen LogP contribution in [0.25, 0.3) is 0 Å². The molecular weight excluding hydrogens is 300 g/mol. The van der Waals surface area contributed by atoms with E-state index >= 15 is 0 Å². The Kier molecular flexibility index (Phi) is 5.13. The van der Waals surface area contributed by atoms with Crippen molar-refractivity contribution >= 4 is 17.6 Å². The number of anilines is 3. The van der Waals surface area contributed by atoms with Crippen molar-refractivity contribution in [2.45, 2.75) is 52.5 Å². The van der Waals surface area contributed by atoms with Crippen LogP contribution in [0.4, 0.5) is 17.6 Å². The topological polar surface area (TPSA) is 70.3 Å². The fourth-order valence-electron chi connectivity index (χ4n) is 3.63. The van der Waals surface area contributed by atoms with Gasteiger partial charge in [0.2, 0.25) is 5.95 Å². The number of nitrogens with one attached hydrogen (secondary N) is 1. The van der Waals surface area contributed by atoms with Gasteiger partial charge in [0.1, 0.15) is 11.6 Å². The van der Waals surface area contributed by atoms with Gasteiger partial charge >= 0.3 is 0 Å². The van der Waals surface area contributed by atoms with Crippen LogP contribution in [-0.4, -0.2) is 53.6 Å². The normalized spacial score (nSPS) is 22.3. The van der Waals surface area contributed by atoms with Crippen LogP contribution in [0.1, 0.15) is 46.5 Å². The Morgan fingerprint density at radius 1 is 1.21 bits per heavy atom. The van der Waals surface area contributed by atoms with Crippen molar-refractivity contribution in [1.82, 2.24) is 14.9 Å². The maximum atomic E-state index is 5.94. The second kappa shape index (κ2) is 7.13. The molecule has 1 aromatic heterocycles. The van der Waals surface area contributed by atoms with Gasteiger partial charge in [-0.05, 0) is 44.2 Å². The molecule has 134 valence electrons. The molecule has 1 atom stereocenters. The van der Waals surface area contributed by atoms with E-state index in [0.717, 1.165) is 37.7 Å². The zero-order valence-corrected chi connectivity index (χ0v) is 15.4. The first-order valence-corrected chi connectivity index (χ1v) is 9.28. The van der Waals surface area contributed by atoms with Crippen LogP contribution in [0.3, 0.4) is 0 Å². The van der Waals surface area contributed by atoms with Crippen molar-refractivity contribution in [3.05, 3.63) is 6.07 Å². The number of nitrogens with two attached hydrogens (primary N) is 1. The summed E-state index contributed by atoms with van der Waals surface area (Å²) in [5.74, 6) is 2.16. The van der Waals surface area contributed by atoms with Crippen LogP contribution >= 0.6 is 0 Å². The molecule has 3 heterocycles. The molecule has 2 aliphatic rings. The van der Waals surface area contributed by atoms with Crippen LogP contribution in [0.15, 0.2) is 6.07 Å². The molecule has 3 N–H and O–H groups in total. The summed E-state index contributed by atoms with van der Waals surface area (Å²) in [6.45, 7) is 12.3. The van der Waals surface area contributed by atoms with Gasteiger partial charge in [0.05, 0.1) is 0 Å². The smallest absolute Gasteiger partial charge is 0.223 e. The summed E-state index contributed by atoms with van der Waals surface area (Å²) >= 11 is 0. The predicted molar refractivity (Wildman–Crippen MR) is 100 cm³/mol. The first-order valence-electron chi connectivity index (χ1n) is 9.28. The molecule has 3 rings (SSSR count). The first-order chi connectivity index (χ1) is 11.4. The minimum atomic E-state index is 0.312. The van der Waals surface area contributed by atoms with Crippen molar-refractivity contribution in [1.29, 1.82) is 0 Å². The number of nitrogens with zero attached hydrogens (tertiary/aromatic N) is 4. The average molecular weight is 332 g/mol. The predicted octanol–water partition coefficient (Wildman–Crippen LogP) is 2.58. The lowest BCUT2D eigenvalue weighted by atomic mass is 9.92. The van der Waals surface area contributed by atoms with E-state index in [1.807, 2.05) is 6.07 Å². The van der Waals surface area contributed by atoms with Crippen molar-refractivity contribution in [2.24, 2.45) is 5.41 Å². The number of aromatic nitrogens is 2. The monoisotopic (exact) mass is 332 g/mol. The van der Waals surface area contributed by atoms with Crippen LogP contribution < -0.4 is 16.0 Å². The number of hydrogen-bond acceptors (Lipinski definition) is 6. The molecule has 0 aromatic carbocycles. The minimum Gasteiger partial charge on any atom is -0.370 e. The summed E-state index contributed by atoms with van der Waals surface area (Å²) in [5.41, 5.74) is 6.25. The van der Waals surface area contributed by atoms with E-state index in [9.17, 15) is 0 Å². The molecule has 0 amide bonds. The third-order valence-electron chi connectivity index (χ3n) is 5.06. The zero-order valence-electron chi connectivity index (χ0n) is 15.4. The molecule has 6 nitrogen and oxygen atoms in total. The molecule has 1 aromatic rings. The van der Waals surface area contributed by atoms with Crippen molar-refractivity contribution < 1.29 is 0 Å². The van der Waals surface area contributed by atoms with E-state index in [4.69, 9.17) is 5.73 Å². The highest BCUT2D eigenvalue weighted by Crippen LogP contribution is 2.26. The van der Waals surface area contributed by atoms with E-state index < -0.39 is 0 Å². The molecule has 0 aliphatic carbocycles. The van der Waals surface area contributed by atoms with Gasteiger partial charge in [0, 0.05) is 31.7 Å². The quantitative estimate of drug-likeness (QED) is 0.864. The fraction of sp³-hybridized carbons (Fsp3) is 0.778. The first kappa shape index (κ1) is 17.3. The third kappa shape index (κ3) is 4.50. The molecule has 24 heavy (non-hydrogen) atoms. The van der Waals surface area contributed by atoms with Gasteiger partial charge in [-0.3, -0.25) is 4.90 Å². The zero-order chi connectivity index (χ0) is 17.2. The standard InChI is InChI=1S/C18H32N6/c1-18(2,3)7-8-20-15-12-16(22-17(19)21-15)24-11-6-14(13-24)23-9-4-5-10-23/h12,14H,4-11,13H2,1-3H3,(H3,19,20,21,22)/t14-/m0/s1. The molecule has 2 fully saturated rings. The molecule has 2 saturated heterocycles. The van der Waals surface area contributed by atoms with Gasteiger partial charge in [-0.2, -0.15) is 9.97 Å². The highest BCUT2D eigenvalue weighted by Gasteiger charge is 2.30. The highest BCUT2D eigenvalue weighted by atomic mass is 15.3. The molecular formula is C18H32N6. The number of nitrogen functional groups attached to an aromatic ring is 1. The Balaban J connectivity index is 1.61. The van der Waals surface area contributed by atoms with Gasteiger partial charge in [-0.15, -0.1) is 0 Å². The van der Waals surface area contributed by atoms with E-state index in [2.05, 4.69) is 45.9 Å². The summed E-state index contributed by atoms with van der Waals surface area (Å²) in [5, 5.41) is 3.40. The Morgan fingerprint density at radius 3 is 2.67 bits per heavy atom. The average Bonchev–Trinajstić information content (AvgIpc) is 3.17. The van der Waals surface area contributed by atoms with Crippen LogP contribution in [0, 0.1) is 5.41 Å². The minimum absolute atomic E-state index is 0.312. The largest absolute Gasteiger partial charge is 0.370 e. The number of likely N-dealkylation sites (tertiary alicyclic amines) is 1. The number of hydrogen-bond donors (Lipinski definition) is 2. The molecule has 0 radical (unpaired) electrons. The molecule has 0 bridgehead atoms. The lowest BCUT2D eigenvalue weighted by Gasteiger charge is -2.24. The Morgan fingerprint density at radius 2 is 1.96 bits per heavy atom. The third-order valence-corrected chi connectivity index (χ3v) is 5.06. The van der Waals surface area contributed by atoms with Crippen LogP contribution in [0.5, 0.6) is 0 Å². The maximum Gasteiger partial charge on any atom is 0.223 e. The SMILES string of the molecule is CC(C)(C)CCNc1cc(N2CC[C@H](N3CCCC3)C2)nc(N)n1. The molecule has 0 spiro atoms. The second-order valence-electron chi connectivity index (χ2n) is 8.34. The van der Waals surface area contributed by atoms with Crippen molar-refractivity contribution in [2.75, 3.05) is 48.7 Å². The van der Waals surface area contributed by atoms with E-state index in [0.29, 0.717) is 17.4 Å². The van der Waals surface area contributed by atoms with Gasteiger partial charge < -0.3 is 16.0 Å². The summed E-state index contributed by atoms with van der Waals surface area (Å²) in [6.07, 6.45) is 5.00. The lowest BCUT2D eigenvalue weighted by Crippen LogP contribution is -2.35. The summed E-state index contributed by atoms with van der Waals surface area (Å²) < 4.78 is 0. The fourth-order valence-corrected chi connectivity index (χ4v) is 3.63. The Hall–Kier alpha value is -1.56. The van der Waals surface area contributed by atoms with Crippen molar-refractivity contribution in [3.8, 4) is 0 Å². The van der Waals surface area contributed by atoms with Crippen molar-refractivity contribution in [3.63, 3.8) is 0 Å². The van der Waals surface area contributed by atoms with Crippen LogP contribution in [-0.2, 0) is 0 Å². The van der Waals surface area contributed by atoms with E-state index in [-0.39, 0.29) is 0 Å². The van der Waals surface area contributed by atoms with E-state index in [1.54, 1.807) is 0 Å². The summed E-state index contributed by atoms with van der Waals surface area (Å²) in [6, 6.07) is 2.71. The summed E-state index contributed by atoms with van der Waals surface area (Å²) in [7, 11) is 0. The second-order valence-corrected chi connectivity index (χ2v) is 8.34. The number of rotatable bonds is 5. The molecule has 0 unspecified atom stereocenters. The van der Waals surface area contributed by atoms with Gasteiger partial charge in [0.25, 0.3) is 0 Å². The lowest BCUT2D eigenvalue weighted by molar-refractivity contribution is 0.260. The Labute approximate surface area is 145 Å². The summed E-state index contributed by atoms with van der Waals surface area (Å²) in [4.78, 5) is 13.8. The van der Waals surface area contributed by atoms with Gasteiger partial charge in [0.15, 0.2) is 0 Å². The highest BCUT2D eigenvalue weighted by molar-refractivity contribution is 5.53.